The summed E-state index contributed by atoms with van der Waals surface area (Å²) in [4.78, 5) is 36.4. The van der Waals surface area contributed by atoms with Crippen molar-refractivity contribution in [1.29, 1.82) is 0 Å². The maximum absolute atomic E-state index is 13.3. The van der Waals surface area contributed by atoms with Crippen LogP contribution in [0.15, 0.2) is 59.5 Å². The van der Waals surface area contributed by atoms with E-state index in [0.717, 1.165) is 6.07 Å². The number of carboxylic acids is 1. The average Bonchev–Trinajstić information content (AvgIpc) is 2.78. The largest absolute Gasteiger partial charge is 0.481 e. The van der Waals surface area contributed by atoms with Crippen molar-refractivity contribution in [2.45, 2.75) is 11.3 Å². The van der Waals surface area contributed by atoms with Crippen molar-refractivity contribution in [3.05, 3.63) is 76.9 Å². The highest BCUT2D eigenvalue weighted by molar-refractivity contribution is 7.86. The summed E-state index contributed by atoms with van der Waals surface area (Å²) in [5.41, 5.74) is 6.36. The zero-order chi connectivity index (χ0) is 24.6. The van der Waals surface area contributed by atoms with E-state index >= 15 is 0 Å². The monoisotopic (exact) mass is 481 g/mol. The first kappa shape index (κ1) is 23.0. The van der Waals surface area contributed by atoms with E-state index in [1.54, 1.807) is 36.4 Å². The summed E-state index contributed by atoms with van der Waals surface area (Å²) in [6, 6.07) is 13.7. The Labute approximate surface area is 194 Å². The van der Waals surface area contributed by atoms with E-state index in [2.05, 4.69) is 10.6 Å². The maximum atomic E-state index is 13.3. The van der Waals surface area contributed by atoms with Crippen LogP contribution in [0.5, 0.6) is 0 Å². The first-order valence-electron chi connectivity index (χ1n) is 10.0. The lowest BCUT2D eigenvalue weighted by Crippen LogP contribution is -2.25. The minimum atomic E-state index is -4.81. The molecule has 0 saturated heterocycles. The molecule has 0 spiro atoms. The van der Waals surface area contributed by atoms with E-state index < -0.39 is 38.2 Å². The normalized spacial score (nSPS) is 12.6. The van der Waals surface area contributed by atoms with Crippen LogP contribution in [-0.2, 0) is 14.9 Å². The van der Waals surface area contributed by atoms with Gasteiger partial charge >= 0.3 is 5.97 Å². The molecule has 0 atom stereocenters. The van der Waals surface area contributed by atoms with Gasteiger partial charge in [-0.1, -0.05) is 24.3 Å². The number of ketones is 2. The second kappa shape index (κ2) is 8.61. The summed E-state index contributed by atoms with van der Waals surface area (Å²) in [6.45, 7) is 0.224. The third-order valence-electron chi connectivity index (χ3n) is 5.31. The summed E-state index contributed by atoms with van der Waals surface area (Å²) in [5.74, 6) is -2.09. The fraction of sp³-hybridized carbons (Fsp3) is 0.0870. The molecule has 1 aliphatic rings. The third kappa shape index (κ3) is 4.21. The number of carboxylic acid groups (broad SMARTS) is 1. The maximum Gasteiger partial charge on any atom is 0.305 e. The van der Waals surface area contributed by atoms with Gasteiger partial charge in [0.15, 0.2) is 11.6 Å². The van der Waals surface area contributed by atoms with Gasteiger partial charge in [-0.2, -0.15) is 8.42 Å². The third-order valence-corrected chi connectivity index (χ3v) is 6.20. The van der Waals surface area contributed by atoms with Crippen LogP contribution in [0.2, 0.25) is 0 Å². The number of hydrogen-bond donors (Lipinski definition) is 5. The van der Waals surface area contributed by atoms with Crippen LogP contribution < -0.4 is 16.4 Å². The van der Waals surface area contributed by atoms with Crippen LogP contribution in [0.1, 0.15) is 38.3 Å². The Morgan fingerprint density at radius 1 is 0.912 bits per heavy atom. The predicted molar refractivity (Wildman–Crippen MR) is 124 cm³/mol. The Kier molecular flexibility index (Phi) is 5.82. The number of carbonyl (C=O) groups excluding carboxylic acids is 2. The number of benzene rings is 3. The number of nitrogens with one attached hydrogen (secondary N) is 2. The summed E-state index contributed by atoms with van der Waals surface area (Å²) in [5, 5.41) is 14.6. The number of nitrogens with two attached hydrogens (primary N) is 1. The molecule has 1 aliphatic carbocycles. The lowest BCUT2D eigenvalue weighted by molar-refractivity contribution is -0.136. The number of fused-ring (bicyclic) bond motifs is 2. The zero-order valence-electron chi connectivity index (χ0n) is 17.5. The van der Waals surface area contributed by atoms with Crippen molar-refractivity contribution in [3.8, 4) is 0 Å². The minimum absolute atomic E-state index is 0.0173. The molecule has 11 heteroatoms. The molecule has 0 heterocycles. The van der Waals surface area contributed by atoms with Crippen molar-refractivity contribution >= 4 is 50.4 Å². The molecule has 4 rings (SSSR count). The van der Waals surface area contributed by atoms with Crippen molar-refractivity contribution < 1.29 is 32.5 Å². The van der Waals surface area contributed by atoms with Crippen LogP contribution in [0.25, 0.3) is 0 Å². The second-order valence-corrected chi connectivity index (χ2v) is 8.93. The molecule has 34 heavy (non-hydrogen) atoms. The van der Waals surface area contributed by atoms with Crippen LogP contribution in [0.4, 0.5) is 22.7 Å². The lowest BCUT2D eigenvalue weighted by atomic mass is 9.82. The van der Waals surface area contributed by atoms with Crippen LogP contribution in [-0.4, -0.2) is 42.2 Å². The van der Waals surface area contributed by atoms with Crippen molar-refractivity contribution in [1.82, 2.24) is 0 Å². The lowest BCUT2D eigenvalue weighted by Gasteiger charge is -2.23. The molecule has 0 fully saturated rings. The molecule has 10 nitrogen and oxygen atoms in total. The van der Waals surface area contributed by atoms with Gasteiger partial charge in [-0.05, 0) is 30.3 Å². The number of nitrogen functional groups attached to an aromatic ring is 1. The molecule has 6 N–H and O–H groups in total. The number of aliphatic carboxylic acids is 1. The predicted octanol–water partition coefficient (Wildman–Crippen LogP) is 2.92. The number of rotatable bonds is 7. The topological polar surface area (TPSA) is 176 Å². The first-order valence-corrected chi connectivity index (χ1v) is 11.5. The smallest absolute Gasteiger partial charge is 0.305 e. The van der Waals surface area contributed by atoms with Gasteiger partial charge in [0.2, 0.25) is 0 Å². The Bertz CT molecular complexity index is 1450. The Morgan fingerprint density at radius 3 is 2.03 bits per heavy atom. The van der Waals surface area contributed by atoms with Crippen molar-refractivity contribution in [2.75, 3.05) is 22.9 Å². The highest BCUT2D eigenvalue weighted by Gasteiger charge is 2.36. The van der Waals surface area contributed by atoms with Crippen LogP contribution in [0.3, 0.4) is 0 Å². The fourth-order valence-corrected chi connectivity index (χ4v) is 4.39. The molecular formula is C23H19N3O7S. The van der Waals surface area contributed by atoms with Gasteiger partial charge in [0, 0.05) is 29.0 Å². The molecule has 0 amide bonds. The second-order valence-electron chi connectivity index (χ2n) is 7.54. The quantitative estimate of drug-likeness (QED) is 0.195. The number of hydrogen-bond acceptors (Lipinski definition) is 8. The molecule has 3 aromatic carbocycles. The molecule has 0 radical (unpaired) electrons. The molecule has 3 aromatic rings. The molecule has 0 bridgehead atoms. The summed E-state index contributed by atoms with van der Waals surface area (Å²) < 4.78 is 33.6. The van der Waals surface area contributed by atoms with Crippen LogP contribution in [0, 0.1) is 0 Å². The van der Waals surface area contributed by atoms with E-state index in [0.29, 0.717) is 11.4 Å². The fourth-order valence-electron chi connectivity index (χ4n) is 3.75. The Morgan fingerprint density at radius 2 is 1.47 bits per heavy atom. The highest BCUT2D eigenvalue weighted by Crippen LogP contribution is 2.40. The van der Waals surface area contributed by atoms with E-state index in [1.807, 2.05) is 0 Å². The van der Waals surface area contributed by atoms with Gasteiger partial charge in [-0.3, -0.25) is 18.9 Å². The Balaban J connectivity index is 1.78. The van der Waals surface area contributed by atoms with Gasteiger partial charge in [0.1, 0.15) is 4.90 Å². The molecule has 0 aliphatic heterocycles. The van der Waals surface area contributed by atoms with Crippen LogP contribution >= 0.6 is 0 Å². The van der Waals surface area contributed by atoms with Gasteiger partial charge in [-0.15, -0.1) is 0 Å². The van der Waals surface area contributed by atoms with Crippen molar-refractivity contribution in [2.24, 2.45) is 0 Å². The van der Waals surface area contributed by atoms with E-state index in [9.17, 15) is 27.4 Å². The van der Waals surface area contributed by atoms with Gasteiger partial charge < -0.3 is 21.5 Å². The van der Waals surface area contributed by atoms with Gasteiger partial charge in [0.25, 0.3) is 10.1 Å². The summed E-state index contributed by atoms with van der Waals surface area (Å²) in [7, 11) is -4.81. The highest BCUT2D eigenvalue weighted by atomic mass is 32.2. The first-order chi connectivity index (χ1) is 16.1. The summed E-state index contributed by atoms with van der Waals surface area (Å²) >= 11 is 0. The molecule has 0 unspecified atom stereocenters. The van der Waals surface area contributed by atoms with E-state index in [1.165, 1.54) is 12.1 Å². The van der Waals surface area contributed by atoms with Gasteiger partial charge in [0.05, 0.1) is 28.9 Å². The van der Waals surface area contributed by atoms with E-state index in [4.69, 9.17) is 10.8 Å². The molecule has 0 saturated carbocycles. The Hall–Kier alpha value is -4.22. The standard InChI is InChI=1S/C23H19N3O7S/c24-21-17(34(31,32)33)11-16(26-13-7-5-12(6-8-13)25-10-9-18(27)28)19-20(21)23(30)15-4-2-1-3-14(15)22(19)29/h1-8,11,25-26H,9-10,24H2,(H,27,28)(H,31,32,33). The zero-order valence-corrected chi connectivity index (χ0v) is 18.3. The van der Waals surface area contributed by atoms with E-state index in [-0.39, 0.29) is 40.9 Å². The summed E-state index contributed by atoms with van der Waals surface area (Å²) in [6.07, 6.45) is -0.0619. The number of carbonyl (C=O) groups is 3. The average molecular weight is 481 g/mol. The molecule has 174 valence electrons. The molecular weight excluding hydrogens is 462 g/mol. The van der Waals surface area contributed by atoms with Gasteiger partial charge in [-0.25, -0.2) is 0 Å². The van der Waals surface area contributed by atoms with Crippen molar-refractivity contribution in [3.63, 3.8) is 0 Å². The SMILES string of the molecule is Nc1c(S(=O)(=O)O)cc(Nc2ccc(NCCC(=O)O)cc2)c2c1C(=O)c1ccccc1C2=O. The number of anilines is 4. The minimum Gasteiger partial charge on any atom is -0.481 e. The molecule has 0 aromatic heterocycles.